The average Bonchev–Trinajstić information content (AvgIpc) is 2.71. The van der Waals surface area contributed by atoms with Crippen LogP contribution in [-0.4, -0.2) is 34.5 Å². The van der Waals surface area contributed by atoms with E-state index in [0.29, 0.717) is 16.5 Å². The zero-order chi connectivity index (χ0) is 15.2. The van der Waals surface area contributed by atoms with Gasteiger partial charge in [-0.25, -0.2) is 4.79 Å². The number of anilines is 1. The molecule has 0 saturated carbocycles. The molecule has 1 aliphatic heterocycles. The van der Waals surface area contributed by atoms with Gasteiger partial charge in [0.25, 0.3) is 0 Å². The molecule has 1 heterocycles. The summed E-state index contributed by atoms with van der Waals surface area (Å²) in [6, 6.07) is 5.28. The number of hydrogen-bond donors (Lipinski definition) is 1. The van der Waals surface area contributed by atoms with Gasteiger partial charge in [0.1, 0.15) is 0 Å². The van der Waals surface area contributed by atoms with Crippen LogP contribution in [0.4, 0.5) is 10.5 Å². The Morgan fingerprint density at radius 1 is 1.29 bits per heavy atom. The maximum absolute atomic E-state index is 12.3. The van der Waals surface area contributed by atoms with Gasteiger partial charge in [0.05, 0.1) is 10.7 Å². The number of nitrogens with one attached hydrogen (secondary N) is 1. The summed E-state index contributed by atoms with van der Waals surface area (Å²) in [4.78, 5) is 14.1. The predicted molar refractivity (Wildman–Crippen MR) is 88.3 cm³/mol. The summed E-state index contributed by atoms with van der Waals surface area (Å²) in [6.07, 6.45) is 6.13. The third kappa shape index (κ3) is 5.00. The van der Waals surface area contributed by atoms with Crippen molar-refractivity contribution in [1.82, 2.24) is 4.90 Å². The molecule has 1 fully saturated rings. The largest absolute Gasteiger partial charge is 0.325 e. The summed E-state index contributed by atoms with van der Waals surface area (Å²) in [7, 11) is -0.917. The Balaban J connectivity index is 2.06. The fourth-order valence-corrected chi connectivity index (χ4v) is 3.27. The van der Waals surface area contributed by atoms with E-state index in [4.69, 9.17) is 11.6 Å². The molecule has 1 aromatic rings. The molecule has 0 aliphatic carbocycles. The topological polar surface area (TPSA) is 49.4 Å². The minimum atomic E-state index is -0.917. The van der Waals surface area contributed by atoms with E-state index in [1.165, 1.54) is 12.8 Å². The first kappa shape index (κ1) is 16.3. The van der Waals surface area contributed by atoms with E-state index in [2.05, 4.69) is 5.32 Å². The molecule has 0 aromatic heterocycles. The number of rotatable bonds is 3. The predicted octanol–water partition coefficient (Wildman–Crippen LogP) is 3.63. The van der Waals surface area contributed by atoms with Gasteiger partial charge < -0.3 is 10.2 Å². The number of nitrogens with zero attached hydrogens (tertiary/aromatic N) is 1. The highest BCUT2D eigenvalue weighted by molar-refractivity contribution is 7.83. The van der Waals surface area contributed by atoms with Gasteiger partial charge in [0.2, 0.25) is 0 Å². The lowest BCUT2D eigenvalue weighted by molar-refractivity contribution is 0.214. The van der Waals surface area contributed by atoms with Crippen LogP contribution in [-0.2, 0) is 16.6 Å². The van der Waals surface area contributed by atoms with Crippen LogP contribution in [0.15, 0.2) is 18.2 Å². The molecule has 0 radical (unpaired) electrons. The van der Waals surface area contributed by atoms with Gasteiger partial charge in [-0.15, -0.1) is 0 Å². The molecule has 0 spiro atoms. The van der Waals surface area contributed by atoms with Crippen LogP contribution in [0.25, 0.3) is 0 Å². The van der Waals surface area contributed by atoms with E-state index in [-0.39, 0.29) is 6.03 Å². The van der Waals surface area contributed by atoms with Crippen LogP contribution in [0.2, 0.25) is 5.02 Å². The standard InChI is InChI=1S/C15H21ClN2O2S/c1-21(20)11-12-6-7-13(16)14(10-12)17-15(19)18-8-4-2-3-5-9-18/h6-7,10H,2-5,8-9,11H2,1H3,(H,17,19). The van der Waals surface area contributed by atoms with E-state index in [1.807, 2.05) is 11.0 Å². The van der Waals surface area contributed by atoms with E-state index < -0.39 is 10.8 Å². The minimum absolute atomic E-state index is 0.103. The molecule has 1 N–H and O–H groups in total. The highest BCUT2D eigenvalue weighted by Gasteiger charge is 2.16. The quantitative estimate of drug-likeness (QED) is 0.921. The molecule has 2 amide bonds. The van der Waals surface area contributed by atoms with Gasteiger partial charge in [0.15, 0.2) is 0 Å². The fraction of sp³-hybridized carbons (Fsp3) is 0.533. The van der Waals surface area contributed by atoms with Gasteiger partial charge in [-0.1, -0.05) is 30.5 Å². The number of halogens is 1. The van der Waals surface area contributed by atoms with Crippen LogP contribution in [0.3, 0.4) is 0 Å². The molecular formula is C15H21ClN2O2S. The van der Waals surface area contributed by atoms with Crippen molar-refractivity contribution in [3.63, 3.8) is 0 Å². The molecule has 1 aromatic carbocycles. The Morgan fingerprint density at radius 2 is 1.95 bits per heavy atom. The van der Waals surface area contributed by atoms with Crippen LogP contribution in [0, 0.1) is 0 Å². The van der Waals surface area contributed by atoms with Crippen molar-refractivity contribution in [2.24, 2.45) is 0 Å². The molecule has 21 heavy (non-hydrogen) atoms. The third-order valence-corrected chi connectivity index (χ3v) is 4.61. The molecule has 6 heteroatoms. The van der Waals surface area contributed by atoms with E-state index in [1.54, 1.807) is 18.4 Å². The van der Waals surface area contributed by atoms with Crippen molar-refractivity contribution in [1.29, 1.82) is 0 Å². The minimum Gasteiger partial charge on any atom is -0.325 e. The lowest BCUT2D eigenvalue weighted by atomic mass is 10.2. The maximum atomic E-state index is 12.3. The zero-order valence-electron chi connectivity index (χ0n) is 12.2. The van der Waals surface area contributed by atoms with Crippen LogP contribution < -0.4 is 5.32 Å². The third-order valence-electron chi connectivity index (χ3n) is 3.54. The number of carbonyl (C=O) groups is 1. The van der Waals surface area contributed by atoms with Crippen molar-refractivity contribution >= 4 is 34.1 Å². The van der Waals surface area contributed by atoms with E-state index in [9.17, 15) is 9.00 Å². The van der Waals surface area contributed by atoms with Gasteiger partial charge in [0, 0.05) is 35.9 Å². The Bertz CT molecular complexity index is 528. The molecule has 1 saturated heterocycles. The van der Waals surface area contributed by atoms with Crippen molar-refractivity contribution in [2.75, 3.05) is 24.7 Å². The van der Waals surface area contributed by atoms with Crippen LogP contribution in [0.1, 0.15) is 31.2 Å². The Kier molecular flexibility index (Phi) is 6.06. The van der Waals surface area contributed by atoms with Gasteiger partial charge in [-0.3, -0.25) is 4.21 Å². The van der Waals surface area contributed by atoms with Gasteiger partial charge >= 0.3 is 6.03 Å². The van der Waals surface area contributed by atoms with Gasteiger partial charge in [-0.2, -0.15) is 0 Å². The van der Waals surface area contributed by atoms with Crippen molar-refractivity contribution in [3.05, 3.63) is 28.8 Å². The first-order valence-electron chi connectivity index (χ1n) is 7.20. The van der Waals surface area contributed by atoms with Crippen molar-refractivity contribution in [2.45, 2.75) is 31.4 Å². The summed E-state index contributed by atoms with van der Waals surface area (Å²) in [5.74, 6) is 0.462. The number of likely N-dealkylation sites (tertiary alicyclic amines) is 1. The number of urea groups is 1. The van der Waals surface area contributed by atoms with Crippen molar-refractivity contribution in [3.8, 4) is 0 Å². The van der Waals surface area contributed by atoms with Crippen LogP contribution in [0.5, 0.6) is 0 Å². The molecule has 1 atom stereocenters. The van der Waals surface area contributed by atoms with Gasteiger partial charge in [-0.05, 0) is 30.5 Å². The van der Waals surface area contributed by atoms with E-state index >= 15 is 0 Å². The summed E-state index contributed by atoms with van der Waals surface area (Å²) in [5, 5.41) is 3.38. The SMILES string of the molecule is CS(=O)Cc1ccc(Cl)c(NC(=O)N2CCCCCC2)c1. The smallest absolute Gasteiger partial charge is 0.321 e. The molecule has 1 unspecified atom stereocenters. The lowest BCUT2D eigenvalue weighted by Crippen LogP contribution is -2.35. The second-order valence-corrected chi connectivity index (χ2v) is 7.21. The first-order chi connectivity index (χ1) is 10.1. The lowest BCUT2D eigenvalue weighted by Gasteiger charge is -2.21. The number of hydrogen-bond acceptors (Lipinski definition) is 2. The second kappa shape index (κ2) is 7.80. The monoisotopic (exact) mass is 328 g/mol. The molecule has 2 rings (SSSR count). The Morgan fingerprint density at radius 3 is 2.57 bits per heavy atom. The molecule has 1 aliphatic rings. The Hall–Kier alpha value is -1.07. The Labute approximate surface area is 133 Å². The number of carbonyl (C=O) groups excluding carboxylic acids is 1. The highest BCUT2D eigenvalue weighted by Crippen LogP contribution is 2.24. The molecule has 0 bridgehead atoms. The maximum Gasteiger partial charge on any atom is 0.321 e. The number of amides is 2. The summed E-state index contributed by atoms with van der Waals surface area (Å²) in [5.41, 5.74) is 1.50. The summed E-state index contributed by atoms with van der Waals surface area (Å²) < 4.78 is 11.3. The highest BCUT2D eigenvalue weighted by atomic mass is 35.5. The normalized spacial score (nSPS) is 17.1. The molecular weight excluding hydrogens is 308 g/mol. The zero-order valence-corrected chi connectivity index (χ0v) is 13.8. The average molecular weight is 329 g/mol. The first-order valence-corrected chi connectivity index (χ1v) is 9.31. The molecule has 116 valence electrons. The second-order valence-electron chi connectivity index (χ2n) is 5.36. The number of benzene rings is 1. The summed E-state index contributed by atoms with van der Waals surface area (Å²) >= 11 is 6.14. The summed E-state index contributed by atoms with van der Waals surface area (Å²) in [6.45, 7) is 1.59. The molecule has 4 nitrogen and oxygen atoms in total. The van der Waals surface area contributed by atoms with E-state index in [0.717, 1.165) is 31.5 Å². The van der Waals surface area contributed by atoms with Crippen LogP contribution >= 0.6 is 11.6 Å². The van der Waals surface area contributed by atoms with Crippen molar-refractivity contribution < 1.29 is 9.00 Å². The fourth-order valence-electron chi connectivity index (χ4n) is 2.46.